The molecule has 1 saturated heterocycles. The molecule has 6 heteroatoms. The van der Waals surface area contributed by atoms with E-state index in [0.717, 1.165) is 24.9 Å². The Morgan fingerprint density at radius 3 is 2.96 bits per heavy atom. The first-order valence-electron chi connectivity index (χ1n) is 8.02. The van der Waals surface area contributed by atoms with E-state index in [1.807, 2.05) is 12.1 Å². The molecule has 3 aliphatic rings. The molecule has 122 valence electrons. The molecule has 0 unspecified atom stereocenters. The minimum absolute atomic E-state index is 0.209. The van der Waals surface area contributed by atoms with Crippen LogP contribution in [0.4, 0.5) is 4.39 Å². The Hall–Kier alpha value is -2.60. The molecule has 1 fully saturated rings. The van der Waals surface area contributed by atoms with E-state index < -0.39 is 5.91 Å². The minimum Gasteiger partial charge on any atom is -0.366 e. The van der Waals surface area contributed by atoms with Gasteiger partial charge in [-0.05, 0) is 43.2 Å². The van der Waals surface area contributed by atoms with E-state index in [4.69, 9.17) is 5.73 Å². The summed E-state index contributed by atoms with van der Waals surface area (Å²) in [6, 6.07) is 5.00. The Kier molecular flexibility index (Phi) is 3.61. The lowest BCUT2D eigenvalue weighted by atomic mass is 9.98. The molecule has 5 nitrogen and oxygen atoms in total. The lowest BCUT2D eigenvalue weighted by Gasteiger charge is -2.11. The average molecular weight is 324 g/mol. The number of amides is 1. The molecule has 3 N–H and O–H groups in total. The summed E-state index contributed by atoms with van der Waals surface area (Å²) < 4.78 is 14.6. The molecule has 0 aromatic heterocycles. The smallest absolute Gasteiger partial charge is 0.250 e. The highest BCUT2D eigenvalue weighted by atomic mass is 19.1. The van der Waals surface area contributed by atoms with E-state index in [9.17, 15) is 9.18 Å². The van der Waals surface area contributed by atoms with Crippen molar-refractivity contribution in [1.29, 1.82) is 0 Å². The van der Waals surface area contributed by atoms with Crippen molar-refractivity contribution in [2.24, 2.45) is 15.7 Å². The van der Waals surface area contributed by atoms with E-state index in [1.165, 1.54) is 0 Å². The fraction of sp³-hybridized carbons (Fsp3) is 0.278. The summed E-state index contributed by atoms with van der Waals surface area (Å²) in [5, 5.41) is 3.36. The molecule has 1 aromatic carbocycles. The molecule has 1 amide bonds. The van der Waals surface area contributed by atoms with Crippen molar-refractivity contribution in [2.45, 2.75) is 24.9 Å². The van der Waals surface area contributed by atoms with E-state index in [0.29, 0.717) is 22.7 Å². The molecule has 1 aromatic rings. The lowest BCUT2D eigenvalue weighted by Crippen LogP contribution is -2.27. The van der Waals surface area contributed by atoms with Crippen LogP contribution >= 0.6 is 0 Å². The van der Waals surface area contributed by atoms with E-state index in [1.54, 1.807) is 24.3 Å². The number of amidine groups is 1. The third kappa shape index (κ3) is 2.49. The molecular weight excluding hydrogens is 307 g/mol. The highest BCUT2D eigenvalue weighted by molar-refractivity contribution is 6.30. The Labute approximate surface area is 138 Å². The van der Waals surface area contributed by atoms with Gasteiger partial charge in [-0.3, -0.25) is 9.79 Å². The number of aliphatic imine (C=N–C) groups is 2. The molecule has 2 aliphatic heterocycles. The molecule has 24 heavy (non-hydrogen) atoms. The van der Waals surface area contributed by atoms with Crippen LogP contribution in [0, 0.1) is 5.82 Å². The molecule has 2 heterocycles. The first-order chi connectivity index (χ1) is 11.6. The van der Waals surface area contributed by atoms with Crippen LogP contribution in [-0.2, 0) is 4.79 Å². The van der Waals surface area contributed by atoms with Crippen LogP contribution in [0.5, 0.6) is 0 Å². The first-order valence-corrected chi connectivity index (χ1v) is 8.02. The van der Waals surface area contributed by atoms with Gasteiger partial charge in [0, 0.05) is 6.04 Å². The van der Waals surface area contributed by atoms with Gasteiger partial charge in [0.15, 0.2) is 5.84 Å². The van der Waals surface area contributed by atoms with Crippen molar-refractivity contribution in [3.05, 3.63) is 58.9 Å². The quantitative estimate of drug-likeness (QED) is 0.889. The van der Waals surface area contributed by atoms with Crippen LogP contribution in [0.3, 0.4) is 0 Å². The first kappa shape index (κ1) is 15.0. The zero-order chi connectivity index (χ0) is 16.7. The predicted molar refractivity (Wildman–Crippen MR) is 90.6 cm³/mol. The van der Waals surface area contributed by atoms with Crippen LogP contribution in [0.25, 0.3) is 0 Å². The second-order valence-corrected chi connectivity index (χ2v) is 6.11. The standard InChI is InChI=1S/C18H17FN4O/c19-13-9-10(14-5-2-8-21-14)6-7-11(13)18-22-15-4-1-3-12(17(20)24)16(15)23-18/h1,3-4,6-7,9,14-15,21H,2,5,8H2,(H2,20,24)/t14-,15-/m0/s1. The van der Waals surface area contributed by atoms with Gasteiger partial charge in [0.25, 0.3) is 5.91 Å². The summed E-state index contributed by atoms with van der Waals surface area (Å²) in [5.41, 5.74) is 7.47. The topological polar surface area (TPSA) is 79.8 Å². The summed E-state index contributed by atoms with van der Waals surface area (Å²) in [7, 11) is 0. The minimum atomic E-state index is -0.553. The van der Waals surface area contributed by atoms with Gasteiger partial charge in [-0.1, -0.05) is 18.2 Å². The van der Waals surface area contributed by atoms with Crippen LogP contribution < -0.4 is 11.1 Å². The Bertz CT molecular complexity index is 831. The molecule has 2 atom stereocenters. The lowest BCUT2D eigenvalue weighted by molar-refractivity contribution is -0.114. The maximum Gasteiger partial charge on any atom is 0.250 e. The fourth-order valence-corrected chi connectivity index (χ4v) is 3.33. The highest BCUT2D eigenvalue weighted by Gasteiger charge is 2.29. The van der Waals surface area contributed by atoms with Gasteiger partial charge < -0.3 is 11.1 Å². The number of hydrogen-bond acceptors (Lipinski definition) is 4. The van der Waals surface area contributed by atoms with Gasteiger partial charge in [0.1, 0.15) is 11.9 Å². The third-order valence-corrected chi connectivity index (χ3v) is 4.56. The van der Waals surface area contributed by atoms with Crippen molar-refractivity contribution in [2.75, 3.05) is 6.54 Å². The Balaban J connectivity index is 1.66. The van der Waals surface area contributed by atoms with Gasteiger partial charge >= 0.3 is 0 Å². The number of carbonyl (C=O) groups is 1. The number of nitrogens with two attached hydrogens (primary N) is 1. The van der Waals surface area contributed by atoms with Crippen molar-refractivity contribution < 1.29 is 9.18 Å². The van der Waals surface area contributed by atoms with Crippen LogP contribution in [0.1, 0.15) is 30.0 Å². The van der Waals surface area contributed by atoms with Gasteiger partial charge in [-0.2, -0.15) is 0 Å². The molecule has 4 rings (SSSR count). The Morgan fingerprint density at radius 1 is 1.38 bits per heavy atom. The zero-order valence-electron chi connectivity index (χ0n) is 13.0. The number of benzene rings is 1. The molecule has 0 radical (unpaired) electrons. The number of allylic oxidation sites excluding steroid dienone is 2. The monoisotopic (exact) mass is 324 g/mol. The summed E-state index contributed by atoms with van der Waals surface area (Å²) in [6.07, 6.45) is 7.27. The highest BCUT2D eigenvalue weighted by Crippen LogP contribution is 2.27. The number of fused-ring (bicyclic) bond motifs is 1. The van der Waals surface area contributed by atoms with Gasteiger partial charge in [-0.25, -0.2) is 9.38 Å². The van der Waals surface area contributed by atoms with E-state index >= 15 is 0 Å². The van der Waals surface area contributed by atoms with Crippen molar-refractivity contribution in [1.82, 2.24) is 5.32 Å². The number of primary amides is 1. The molecule has 0 spiro atoms. The van der Waals surface area contributed by atoms with Crippen molar-refractivity contribution in [3.63, 3.8) is 0 Å². The average Bonchev–Trinajstić information content (AvgIpc) is 3.23. The molecule has 0 bridgehead atoms. The maximum absolute atomic E-state index is 14.6. The largest absolute Gasteiger partial charge is 0.366 e. The van der Waals surface area contributed by atoms with Gasteiger partial charge in [0.05, 0.1) is 16.8 Å². The summed E-state index contributed by atoms with van der Waals surface area (Å²) in [6.45, 7) is 0.963. The van der Waals surface area contributed by atoms with Gasteiger partial charge in [-0.15, -0.1) is 0 Å². The SMILES string of the molecule is NC(=O)C1=CC=C[C@@H]2N=C(c3ccc([C@@H]4CCCN4)cc3F)N=C12. The molecule has 1 aliphatic carbocycles. The maximum atomic E-state index is 14.6. The van der Waals surface area contributed by atoms with Gasteiger partial charge in [0.2, 0.25) is 0 Å². The van der Waals surface area contributed by atoms with Crippen LogP contribution in [0.15, 0.2) is 52.0 Å². The Morgan fingerprint density at radius 2 is 2.25 bits per heavy atom. The molecule has 0 saturated carbocycles. The molecular formula is C18H17FN4O. The third-order valence-electron chi connectivity index (χ3n) is 4.56. The van der Waals surface area contributed by atoms with Crippen LogP contribution in [-0.4, -0.2) is 30.0 Å². The van der Waals surface area contributed by atoms with Crippen LogP contribution in [0.2, 0.25) is 0 Å². The normalized spacial score (nSPS) is 25.1. The number of carbonyl (C=O) groups excluding carboxylic acids is 1. The van der Waals surface area contributed by atoms with Crippen molar-refractivity contribution >= 4 is 17.5 Å². The number of halogens is 1. The summed E-state index contributed by atoms with van der Waals surface area (Å²) >= 11 is 0. The fourth-order valence-electron chi connectivity index (χ4n) is 3.33. The number of nitrogens with one attached hydrogen (secondary N) is 1. The number of nitrogens with zero attached hydrogens (tertiary/aromatic N) is 2. The van der Waals surface area contributed by atoms with E-state index in [-0.39, 0.29) is 17.9 Å². The number of hydrogen-bond donors (Lipinski definition) is 2. The second-order valence-electron chi connectivity index (χ2n) is 6.11. The summed E-state index contributed by atoms with van der Waals surface area (Å²) in [5.74, 6) is -0.601. The number of rotatable bonds is 3. The zero-order valence-corrected chi connectivity index (χ0v) is 13.0. The van der Waals surface area contributed by atoms with E-state index in [2.05, 4.69) is 15.3 Å². The second kappa shape index (κ2) is 5.79. The predicted octanol–water partition coefficient (Wildman–Crippen LogP) is 1.80. The summed E-state index contributed by atoms with van der Waals surface area (Å²) in [4.78, 5) is 20.3. The van der Waals surface area contributed by atoms with Crippen molar-refractivity contribution in [3.8, 4) is 0 Å².